The van der Waals surface area contributed by atoms with Crippen LogP contribution in [0.4, 0.5) is 11.5 Å². The minimum atomic E-state index is -1.14. The Kier molecular flexibility index (Phi) is 3.70. The van der Waals surface area contributed by atoms with E-state index in [0.29, 0.717) is 11.3 Å². The number of anilines is 2. The molecule has 5 nitrogen and oxygen atoms in total. The van der Waals surface area contributed by atoms with Gasteiger partial charge in [0.15, 0.2) is 0 Å². The zero-order chi connectivity index (χ0) is 15.5. The number of nitrogens with one attached hydrogen (secondary N) is 1. The van der Waals surface area contributed by atoms with Gasteiger partial charge in [-0.3, -0.25) is 0 Å². The fourth-order valence-electron chi connectivity index (χ4n) is 2.23. The monoisotopic (exact) mass is 293 g/mol. The van der Waals surface area contributed by atoms with Crippen molar-refractivity contribution in [3.8, 4) is 0 Å². The van der Waals surface area contributed by atoms with Crippen LogP contribution in [-0.4, -0.2) is 21.0 Å². The van der Waals surface area contributed by atoms with E-state index in [2.05, 4.69) is 22.2 Å². The average Bonchev–Trinajstić information content (AvgIpc) is 2.55. The Hall–Kier alpha value is -2.95. The molecule has 110 valence electrons. The van der Waals surface area contributed by atoms with Gasteiger partial charge in [0.1, 0.15) is 5.82 Å². The number of carboxylic acid groups (broad SMARTS) is 1. The fraction of sp³-hybridized carbons (Fsp3) is 0.118. The van der Waals surface area contributed by atoms with E-state index in [1.54, 1.807) is 6.07 Å². The number of fused-ring (bicyclic) bond motifs is 1. The maximum Gasteiger partial charge on any atom is 0.374 e. The number of rotatable bonds is 4. The zero-order valence-corrected chi connectivity index (χ0v) is 12.1. The highest BCUT2D eigenvalue weighted by atomic mass is 16.4. The molecule has 0 amide bonds. The van der Waals surface area contributed by atoms with Crippen molar-refractivity contribution < 1.29 is 9.90 Å². The number of aromatic carboxylic acids is 1. The number of para-hydroxylation sites is 1. The van der Waals surface area contributed by atoms with Gasteiger partial charge in [-0.2, -0.15) is 0 Å². The fourth-order valence-corrected chi connectivity index (χ4v) is 2.23. The van der Waals surface area contributed by atoms with Crippen LogP contribution < -0.4 is 5.32 Å². The summed E-state index contributed by atoms with van der Waals surface area (Å²) in [6, 6.07) is 15.3. The van der Waals surface area contributed by atoms with Crippen molar-refractivity contribution in [2.24, 2.45) is 0 Å². The van der Waals surface area contributed by atoms with Gasteiger partial charge >= 0.3 is 5.97 Å². The van der Waals surface area contributed by atoms with Gasteiger partial charge in [0.25, 0.3) is 0 Å². The Morgan fingerprint density at radius 1 is 1.09 bits per heavy atom. The summed E-state index contributed by atoms with van der Waals surface area (Å²) in [7, 11) is 0. The first-order valence-electron chi connectivity index (χ1n) is 7.03. The number of aromatic nitrogens is 2. The van der Waals surface area contributed by atoms with Crippen LogP contribution in [-0.2, 0) is 6.42 Å². The third-order valence-corrected chi connectivity index (χ3v) is 3.42. The quantitative estimate of drug-likeness (QED) is 0.768. The van der Waals surface area contributed by atoms with Gasteiger partial charge in [-0.25, -0.2) is 14.8 Å². The van der Waals surface area contributed by atoms with Crippen molar-refractivity contribution in [2.45, 2.75) is 13.3 Å². The van der Waals surface area contributed by atoms with Crippen LogP contribution in [0, 0.1) is 0 Å². The van der Waals surface area contributed by atoms with Gasteiger partial charge in [-0.1, -0.05) is 31.2 Å². The molecule has 5 heteroatoms. The molecule has 3 rings (SSSR count). The van der Waals surface area contributed by atoms with Crippen molar-refractivity contribution >= 4 is 28.4 Å². The highest BCUT2D eigenvalue weighted by Crippen LogP contribution is 2.24. The molecule has 0 aliphatic rings. The summed E-state index contributed by atoms with van der Waals surface area (Å²) in [5.74, 6) is -0.867. The van der Waals surface area contributed by atoms with E-state index in [-0.39, 0.29) is 5.82 Å². The van der Waals surface area contributed by atoms with Crippen molar-refractivity contribution in [1.29, 1.82) is 0 Å². The molecule has 0 unspecified atom stereocenters. The maximum atomic E-state index is 11.2. The summed E-state index contributed by atoms with van der Waals surface area (Å²) < 4.78 is 0. The molecule has 0 bridgehead atoms. The highest BCUT2D eigenvalue weighted by molar-refractivity contribution is 5.94. The molecule has 0 aliphatic carbocycles. The molecule has 0 aliphatic heterocycles. The SMILES string of the molecule is CCc1ccc(Nc2nc(C(=O)O)nc3ccccc23)cc1. The first-order chi connectivity index (χ1) is 10.7. The summed E-state index contributed by atoms with van der Waals surface area (Å²) in [4.78, 5) is 19.4. The molecule has 2 N–H and O–H groups in total. The third kappa shape index (κ3) is 2.74. The molecular weight excluding hydrogens is 278 g/mol. The summed E-state index contributed by atoms with van der Waals surface area (Å²) in [6.07, 6.45) is 0.972. The van der Waals surface area contributed by atoms with Crippen molar-refractivity contribution in [2.75, 3.05) is 5.32 Å². The van der Waals surface area contributed by atoms with Crippen molar-refractivity contribution in [3.63, 3.8) is 0 Å². The predicted octanol–water partition coefficient (Wildman–Crippen LogP) is 3.63. The second-order valence-corrected chi connectivity index (χ2v) is 4.89. The first-order valence-corrected chi connectivity index (χ1v) is 7.03. The van der Waals surface area contributed by atoms with E-state index >= 15 is 0 Å². The summed E-state index contributed by atoms with van der Waals surface area (Å²) in [5, 5.41) is 13.1. The minimum Gasteiger partial charge on any atom is -0.475 e. The van der Waals surface area contributed by atoms with Crippen LogP contribution in [0.1, 0.15) is 23.1 Å². The van der Waals surface area contributed by atoms with Gasteiger partial charge in [0, 0.05) is 11.1 Å². The van der Waals surface area contributed by atoms with Crippen LogP contribution in [0.15, 0.2) is 48.5 Å². The van der Waals surface area contributed by atoms with Crippen LogP contribution in [0.5, 0.6) is 0 Å². The van der Waals surface area contributed by atoms with E-state index in [9.17, 15) is 4.79 Å². The molecule has 0 radical (unpaired) electrons. The summed E-state index contributed by atoms with van der Waals surface area (Å²) >= 11 is 0. The first kappa shape index (κ1) is 14.0. The summed E-state index contributed by atoms with van der Waals surface area (Å²) in [5.41, 5.74) is 2.70. The number of aryl methyl sites for hydroxylation is 1. The molecular formula is C17H15N3O2. The molecule has 0 saturated heterocycles. The molecule has 3 aromatic rings. The van der Waals surface area contributed by atoms with Gasteiger partial charge in [0.05, 0.1) is 5.52 Å². The Morgan fingerprint density at radius 2 is 1.82 bits per heavy atom. The molecule has 1 heterocycles. The number of hydrogen-bond donors (Lipinski definition) is 2. The van der Waals surface area contributed by atoms with Gasteiger partial charge in [-0.15, -0.1) is 0 Å². The normalized spacial score (nSPS) is 10.6. The minimum absolute atomic E-state index is 0.216. The van der Waals surface area contributed by atoms with E-state index in [0.717, 1.165) is 17.5 Å². The van der Waals surface area contributed by atoms with E-state index < -0.39 is 5.97 Å². The summed E-state index contributed by atoms with van der Waals surface area (Å²) in [6.45, 7) is 2.10. The molecule has 0 atom stereocenters. The number of benzene rings is 2. The molecule has 22 heavy (non-hydrogen) atoms. The lowest BCUT2D eigenvalue weighted by Gasteiger charge is -2.10. The number of carboxylic acids is 1. The standard InChI is InChI=1S/C17H15N3O2/c1-2-11-7-9-12(10-8-11)18-15-13-5-3-4-6-14(13)19-16(20-15)17(21)22/h3-10H,2H2,1H3,(H,21,22)(H,18,19,20). The van der Waals surface area contributed by atoms with E-state index in [4.69, 9.17) is 5.11 Å². The molecule has 0 saturated carbocycles. The van der Waals surface area contributed by atoms with E-state index in [1.807, 2.05) is 42.5 Å². The van der Waals surface area contributed by atoms with Crippen LogP contribution >= 0.6 is 0 Å². The maximum absolute atomic E-state index is 11.2. The molecule has 0 spiro atoms. The second kappa shape index (κ2) is 5.81. The number of hydrogen-bond acceptors (Lipinski definition) is 4. The average molecular weight is 293 g/mol. The Balaban J connectivity index is 2.05. The molecule has 0 fully saturated rings. The topological polar surface area (TPSA) is 75.1 Å². The third-order valence-electron chi connectivity index (χ3n) is 3.42. The largest absolute Gasteiger partial charge is 0.475 e. The smallest absolute Gasteiger partial charge is 0.374 e. The zero-order valence-electron chi connectivity index (χ0n) is 12.1. The Morgan fingerprint density at radius 3 is 2.50 bits per heavy atom. The Bertz CT molecular complexity index is 829. The van der Waals surface area contributed by atoms with Gasteiger partial charge in [-0.05, 0) is 36.2 Å². The molecule has 2 aromatic carbocycles. The van der Waals surface area contributed by atoms with Crippen LogP contribution in [0.2, 0.25) is 0 Å². The van der Waals surface area contributed by atoms with Crippen LogP contribution in [0.3, 0.4) is 0 Å². The lowest BCUT2D eigenvalue weighted by molar-refractivity contribution is 0.0684. The Labute approximate surface area is 127 Å². The van der Waals surface area contributed by atoms with Gasteiger partial charge in [0.2, 0.25) is 5.82 Å². The molecule has 1 aromatic heterocycles. The lowest BCUT2D eigenvalue weighted by atomic mass is 10.1. The highest BCUT2D eigenvalue weighted by Gasteiger charge is 2.12. The predicted molar refractivity (Wildman–Crippen MR) is 85.6 cm³/mol. The second-order valence-electron chi connectivity index (χ2n) is 4.89. The van der Waals surface area contributed by atoms with Gasteiger partial charge < -0.3 is 10.4 Å². The van der Waals surface area contributed by atoms with Crippen molar-refractivity contribution in [1.82, 2.24) is 9.97 Å². The lowest BCUT2D eigenvalue weighted by Crippen LogP contribution is -2.07. The number of nitrogens with zero attached hydrogens (tertiary/aromatic N) is 2. The van der Waals surface area contributed by atoms with Crippen molar-refractivity contribution in [3.05, 3.63) is 59.9 Å². The van der Waals surface area contributed by atoms with Crippen LogP contribution in [0.25, 0.3) is 10.9 Å². The number of carbonyl (C=O) groups is 1. The van der Waals surface area contributed by atoms with E-state index in [1.165, 1.54) is 5.56 Å².